The van der Waals surface area contributed by atoms with E-state index in [9.17, 15) is 4.79 Å². The number of likely N-dealkylation sites (tertiary alicyclic amines) is 1. The summed E-state index contributed by atoms with van der Waals surface area (Å²) in [5, 5.41) is 0. The summed E-state index contributed by atoms with van der Waals surface area (Å²) in [7, 11) is 0. The van der Waals surface area contributed by atoms with Crippen LogP contribution in [-0.2, 0) is 14.3 Å². The minimum Gasteiger partial charge on any atom is -0.378 e. The third-order valence-electron chi connectivity index (χ3n) is 4.20. The van der Waals surface area contributed by atoms with Gasteiger partial charge in [0.25, 0.3) is 0 Å². The molecule has 2 N–H and O–H groups in total. The molecule has 0 radical (unpaired) electrons. The van der Waals surface area contributed by atoms with Crippen molar-refractivity contribution >= 4 is 5.91 Å². The predicted octanol–water partition coefficient (Wildman–Crippen LogP) is 1.30. The minimum atomic E-state index is 0.279. The van der Waals surface area contributed by atoms with E-state index in [1.807, 2.05) is 4.90 Å². The number of ether oxygens (including phenoxy) is 2. The maximum Gasteiger partial charge on any atom is 0.222 e. The van der Waals surface area contributed by atoms with Crippen LogP contribution in [0.1, 0.15) is 44.9 Å². The first-order chi connectivity index (χ1) is 9.79. The summed E-state index contributed by atoms with van der Waals surface area (Å²) >= 11 is 0. The van der Waals surface area contributed by atoms with Gasteiger partial charge >= 0.3 is 0 Å². The van der Waals surface area contributed by atoms with Gasteiger partial charge in [-0.3, -0.25) is 4.79 Å². The van der Waals surface area contributed by atoms with E-state index in [-0.39, 0.29) is 5.91 Å². The Kier molecular flexibility index (Phi) is 6.76. The molecule has 0 aromatic rings. The quantitative estimate of drug-likeness (QED) is 0.716. The van der Waals surface area contributed by atoms with Gasteiger partial charge < -0.3 is 20.1 Å². The first-order valence-corrected chi connectivity index (χ1v) is 8.00. The monoisotopic (exact) mass is 284 g/mol. The van der Waals surface area contributed by atoms with Crippen molar-refractivity contribution in [2.45, 2.75) is 57.2 Å². The lowest BCUT2D eigenvalue weighted by Gasteiger charge is -2.32. The fourth-order valence-electron chi connectivity index (χ4n) is 2.92. The number of rotatable bonds is 7. The first kappa shape index (κ1) is 15.7. The molecule has 1 unspecified atom stereocenters. The molecule has 20 heavy (non-hydrogen) atoms. The number of carbonyl (C=O) groups is 1. The van der Waals surface area contributed by atoms with Crippen LogP contribution in [0.4, 0.5) is 0 Å². The van der Waals surface area contributed by atoms with Crippen molar-refractivity contribution in [3.63, 3.8) is 0 Å². The Morgan fingerprint density at radius 3 is 2.75 bits per heavy atom. The van der Waals surface area contributed by atoms with Gasteiger partial charge in [-0.25, -0.2) is 0 Å². The molecular formula is C15H28N2O3. The number of nitrogens with zero attached hydrogens (tertiary/aromatic N) is 1. The van der Waals surface area contributed by atoms with Crippen LogP contribution in [-0.4, -0.2) is 55.9 Å². The van der Waals surface area contributed by atoms with Crippen LogP contribution in [0.15, 0.2) is 0 Å². The molecule has 0 spiro atoms. The average Bonchev–Trinajstić information content (AvgIpc) is 2.99. The highest BCUT2D eigenvalue weighted by molar-refractivity contribution is 5.76. The maximum absolute atomic E-state index is 12.1. The van der Waals surface area contributed by atoms with E-state index in [0.29, 0.717) is 25.2 Å². The number of carbonyl (C=O) groups excluding carboxylic acids is 1. The summed E-state index contributed by atoms with van der Waals surface area (Å²) in [5.74, 6) is 0.279. The molecule has 2 fully saturated rings. The third kappa shape index (κ3) is 5.04. The number of hydrogen-bond acceptors (Lipinski definition) is 4. The zero-order valence-corrected chi connectivity index (χ0v) is 12.4. The Labute approximate surface area is 121 Å². The number of nitrogens with two attached hydrogens (primary N) is 1. The van der Waals surface area contributed by atoms with Crippen LogP contribution in [0.5, 0.6) is 0 Å². The van der Waals surface area contributed by atoms with E-state index >= 15 is 0 Å². The second-order valence-corrected chi connectivity index (χ2v) is 5.77. The van der Waals surface area contributed by atoms with Crippen molar-refractivity contribution in [3.05, 3.63) is 0 Å². The molecular weight excluding hydrogens is 256 g/mol. The number of amides is 1. The van der Waals surface area contributed by atoms with Crippen molar-refractivity contribution in [1.82, 2.24) is 4.90 Å². The van der Waals surface area contributed by atoms with E-state index in [4.69, 9.17) is 15.2 Å². The average molecular weight is 284 g/mol. The van der Waals surface area contributed by atoms with E-state index < -0.39 is 0 Å². The Morgan fingerprint density at radius 1 is 1.30 bits per heavy atom. The summed E-state index contributed by atoms with van der Waals surface area (Å²) in [6.07, 6.45) is 7.22. The molecule has 2 aliphatic rings. The van der Waals surface area contributed by atoms with Crippen molar-refractivity contribution < 1.29 is 14.3 Å². The van der Waals surface area contributed by atoms with Gasteiger partial charge in [0.15, 0.2) is 0 Å². The lowest BCUT2D eigenvalue weighted by atomic mass is 10.1. The van der Waals surface area contributed by atoms with Crippen LogP contribution in [0.2, 0.25) is 0 Å². The Balaban J connectivity index is 1.58. The lowest BCUT2D eigenvalue weighted by Crippen LogP contribution is -2.41. The van der Waals surface area contributed by atoms with Crippen LogP contribution >= 0.6 is 0 Å². The molecule has 1 amide bonds. The van der Waals surface area contributed by atoms with Gasteiger partial charge in [0, 0.05) is 32.7 Å². The smallest absolute Gasteiger partial charge is 0.222 e. The molecule has 5 heteroatoms. The molecule has 0 aliphatic carbocycles. The summed E-state index contributed by atoms with van der Waals surface area (Å²) in [6.45, 7) is 3.95. The number of piperidine rings is 1. The van der Waals surface area contributed by atoms with E-state index in [1.165, 1.54) is 0 Å². The molecule has 0 aromatic heterocycles. The van der Waals surface area contributed by atoms with E-state index in [2.05, 4.69) is 0 Å². The molecule has 2 heterocycles. The predicted molar refractivity (Wildman–Crippen MR) is 77.4 cm³/mol. The third-order valence-corrected chi connectivity index (χ3v) is 4.20. The van der Waals surface area contributed by atoms with Gasteiger partial charge in [-0.2, -0.15) is 0 Å². The largest absolute Gasteiger partial charge is 0.378 e. The standard InChI is InChI=1S/C15H28N2O3/c16-8-2-12-20-14-6-9-17(10-7-14)15(18)5-4-13-3-1-11-19-13/h13-14H,1-12,16H2. The SMILES string of the molecule is NCCCOC1CCN(C(=O)CCC2CCCO2)CC1. The fraction of sp³-hybridized carbons (Fsp3) is 0.933. The Hall–Kier alpha value is -0.650. The van der Waals surface area contributed by atoms with Gasteiger partial charge in [-0.1, -0.05) is 0 Å². The van der Waals surface area contributed by atoms with Gasteiger partial charge in [-0.15, -0.1) is 0 Å². The molecule has 5 nitrogen and oxygen atoms in total. The Bertz CT molecular complexity index is 285. The highest BCUT2D eigenvalue weighted by Crippen LogP contribution is 2.19. The van der Waals surface area contributed by atoms with Gasteiger partial charge in [0.2, 0.25) is 5.91 Å². The minimum absolute atomic E-state index is 0.279. The summed E-state index contributed by atoms with van der Waals surface area (Å²) in [4.78, 5) is 14.1. The summed E-state index contributed by atoms with van der Waals surface area (Å²) in [6, 6.07) is 0. The molecule has 1 atom stereocenters. The maximum atomic E-state index is 12.1. The second kappa shape index (κ2) is 8.60. The zero-order valence-electron chi connectivity index (χ0n) is 12.4. The van der Waals surface area contributed by atoms with Gasteiger partial charge in [-0.05, 0) is 45.1 Å². The van der Waals surface area contributed by atoms with Crippen LogP contribution < -0.4 is 5.73 Å². The highest BCUT2D eigenvalue weighted by Gasteiger charge is 2.24. The van der Waals surface area contributed by atoms with Crippen LogP contribution in [0.3, 0.4) is 0 Å². The van der Waals surface area contributed by atoms with Gasteiger partial charge in [0.05, 0.1) is 12.2 Å². The molecule has 2 rings (SSSR count). The fourth-order valence-corrected chi connectivity index (χ4v) is 2.92. The summed E-state index contributed by atoms with van der Waals surface area (Å²) < 4.78 is 11.3. The van der Waals surface area contributed by atoms with E-state index in [0.717, 1.165) is 64.8 Å². The van der Waals surface area contributed by atoms with Crippen molar-refractivity contribution in [2.24, 2.45) is 5.73 Å². The van der Waals surface area contributed by atoms with Crippen molar-refractivity contribution in [2.75, 3.05) is 32.8 Å². The van der Waals surface area contributed by atoms with Crippen molar-refractivity contribution in [1.29, 1.82) is 0 Å². The molecule has 2 aliphatic heterocycles. The molecule has 2 saturated heterocycles. The van der Waals surface area contributed by atoms with E-state index in [1.54, 1.807) is 0 Å². The number of hydrogen-bond donors (Lipinski definition) is 1. The lowest BCUT2D eigenvalue weighted by molar-refractivity contribution is -0.134. The highest BCUT2D eigenvalue weighted by atomic mass is 16.5. The van der Waals surface area contributed by atoms with Gasteiger partial charge in [0.1, 0.15) is 0 Å². The van der Waals surface area contributed by atoms with Crippen LogP contribution in [0.25, 0.3) is 0 Å². The van der Waals surface area contributed by atoms with Crippen LogP contribution in [0, 0.1) is 0 Å². The first-order valence-electron chi connectivity index (χ1n) is 8.00. The molecule has 116 valence electrons. The van der Waals surface area contributed by atoms with Crippen molar-refractivity contribution in [3.8, 4) is 0 Å². The normalized spacial score (nSPS) is 24.2. The summed E-state index contributed by atoms with van der Waals surface area (Å²) in [5.41, 5.74) is 5.45. The molecule has 0 aromatic carbocycles. The molecule has 0 saturated carbocycles. The topological polar surface area (TPSA) is 64.8 Å². The molecule has 0 bridgehead atoms. The Morgan fingerprint density at radius 2 is 2.10 bits per heavy atom. The second-order valence-electron chi connectivity index (χ2n) is 5.77. The zero-order chi connectivity index (χ0) is 14.2.